The van der Waals surface area contributed by atoms with Gasteiger partial charge in [0.2, 0.25) is 0 Å². The summed E-state index contributed by atoms with van der Waals surface area (Å²) in [6.45, 7) is 8.33. The number of hydrogen-bond acceptors (Lipinski definition) is 3. The highest BCUT2D eigenvalue weighted by molar-refractivity contribution is 6.04. The highest BCUT2D eigenvalue weighted by Crippen LogP contribution is 2.13. The lowest BCUT2D eigenvalue weighted by Gasteiger charge is -2.06. The largest absolute Gasteiger partial charge is 0.331 e. The zero-order valence-corrected chi connectivity index (χ0v) is 14.4. The first-order valence-electron chi connectivity index (χ1n) is 8.03. The average molecular weight is 332 g/mol. The van der Waals surface area contributed by atoms with Gasteiger partial charge in [0, 0.05) is 18.9 Å². The van der Waals surface area contributed by atoms with Gasteiger partial charge < -0.3 is 9.88 Å². The topological polar surface area (TPSA) is 59.8 Å². The summed E-state index contributed by atoms with van der Waals surface area (Å²) >= 11 is 0. The van der Waals surface area contributed by atoms with Crippen molar-refractivity contribution in [3.05, 3.63) is 83.6 Å². The summed E-state index contributed by atoms with van der Waals surface area (Å²) in [5.41, 5.74) is 4.53. The molecule has 126 valence electrons. The molecule has 3 aromatic rings. The number of pyridine rings is 1. The van der Waals surface area contributed by atoms with Gasteiger partial charge in [-0.15, -0.1) is 0 Å². The summed E-state index contributed by atoms with van der Waals surface area (Å²) in [6.07, 6.45) is 6.75. The second-order valence-corrected chi connectivity index (χ2v) is 6.00. The number of hydrogen-bond donors (Lipinski definition) is 1. The Morgan fingerprint density at radius 3 is 2.84 bits per heavy atom. The molecule has 0 bridgehead atoms. The van der Waals surface area contributed by atoms with E-state index in [1.54, 1.807) is 18.6 Å². The number of nitrogens with zero attached hydrogens (tertiary/aromatic N) is 3. The summed E-state index contributed by atoms with van der Waals surface area (Å²) < 4.78 is 1.94. The van der Waals surface area contributed by atoms with Crippen LogP contribution in [0.2, 0.25) is 0 Å². The molecule has 0 radical (unpaired) electrons. The van der Waals surface area contributed by atoms with E-state index in [-0.39, 0.29) is 5.91 Å². The second-order valence-electron chi connectivity index (χ2n) is 6.00. The summed E-state index contributed by atoms with van der Waals surface area (Å²) in [6, 6.07) is 10.1. The van der Waals surface area contributed by atoms with Crippen molar-refractivity contribution in [2.45, 2.75) is 20.4 Å². The fraction of sp³-hybridized carbons (Fsp3) is 0.150. The Morgan fingerprint density at radius 2 is 2.12 bits per heavy atom. The van der Waals surface area contributed by atoms with Gasteiger partial charge in [0.1, 0.15) is 0 Å². The number of aryl methyl sites for hydroxylation is 2. The number of carbonyl (C=O) groups is 1. The van der Waals surface area contributed by atoms with Crippen molar-refractivity contribution in [1.82, 2.24) is 14.5 Å². The summed E-state index contributed by atoms with van der Waals surface area (Å²) in [4.78, 5) is 20.9. The van der Waals surface area contributed by atoms with E-state index in [2.05, 4.69) is 47.0 Å². The number of benzene rings is 1. The monoisotopic (exact) mass is 332 g/mol. The van der Waals surface area contributed by atoms with E-state index >= 15 is 0 Å². The molecule has 1 amide bonds. The van der Waals surface area contributed by atoms with Crippen molar-refractivity contribution in [3.63, 3.8) is 0 Å². The Balaban J connectivity index is 1.70. The molecular weight excluding hydrogens is 312 g/mol. The summed E-state index contributed by atoms with van der Waals surface area (Å²) in [7, 11) is 0. The van der Waals surface area contributed by atoms with Crippen LogP contribution in [0.5, 0.6) is 0 Å². The minimum Gasteiger partial charge on any atom is -0.331 e. The number of aromatic nitrogens is 3. The van der Waals surface area contributed by atoms with Crippen LogP contribution in [0.1, 0.15) is 32.7 Å². The number of amides is 1. The van der Waals surface area contributed by atoms with E-state index in [0.717, 1.165) is 11.3 Å². The normalized spacial score (nSPS) is 10.5. The molecule has 0 atom stereocenters. The van der Waals surface area contributed by atoms with Crippen LogP contribution in [0.25, 0.3) is 6.08 Å². The van der Waals surface area contributed by atoms with E-state index in [0.29, 0.717) is 17.9 Å². The third kappa shape index (κ3) is 4.01. The van der Waals surface area contributed by atoms with Crippen LogP contribution < -0.4 is 5.32 Å². The highest BCUT2D eigenvalue weighted by Gasteiger charge is 2.11. The first kappa shape index (κ1) is 16.6. The van der Waals surface area contributed by atoms with Crippen LogP contribution in [-0.4, -0.2) is 20.4 Å². The van der Waals surface area contributed by atoms with Crippen LogP contribution in [0.4, 0.5) is 5.82 Å². The van der Waals surface area contributed by atoms with E-state index in [4.69, 9.17) is 0 Å². The van der Waals surface area contributed by atoms with Crippen molar-refractivity contribution in [1.29, 1.82) is 0 Å². The minimum absolute atomic E-state index is 0.221. The Hall–Kier alpha value is -3.21. The number of nitrogens with one attached hydrogen (secondary N) is 1. The third-order valence-corrected chi connectivity index (χ3v) is 3.91. The van der Waals surface area contributed by atoms with Gasteiger partial charge in [-0.3, -0.25) is 9.78 Å². The van der Waals surface area contributed by atoms with E-state index < -0.39 is 0 Å². The first-order valence-corrected chi connectivity index (χ1v) is 8.03. The van der Waals surface area contributed by atoms with Gasteiger partial charge in [0.25, 0.3) is 5.91 Å². The van der Waals surface area contributed by atoms with Crippen LogP contribution in [0, 0.1) is 13.8 Å². The highest BCUT2D eigenvalue weighted by atomic mass is 16.1. The molecule has 3 rings (SSSR count). The van der Waals surface area contributed by atoms with E-state index in [1.807, 2.05) is 29.8 Å². The molecule has 2 aromatic heterocycles. The number of imidazole rings is 1. The van der Waals surface area contributed by atoms with Gasteiger partial charge in [0.05, 0.1) is 17.6 Å². The number of anilines is 1. The minimum atomic E-state index is -0.221. The first-order chi connectivity index (χ1) is 12.0. The van der Waals surface area contributed by atoms with Crippen molar-refractivity contribution in [3.8, 4) is 0 Å². The van der Waals surface area contributed by atoms with Crippen molar-refractivity contribution in [2.75, 3.05) is 5.32 Å². The molecule has 0 unspecified atom stereocenters. The molecular formula is C20H20N4O. The molecule has 2 heterocycles. The van der Waals surface area contributed by atoms with Crippen molar-refractivity contribution >= 4 is 17.8 Å². The maximum atomic E-state index is 12.4. The fourth-order valence-electron chi connectivity index (χ4n) is 2.64. The molecule has 0 aliphatic heterocycles. The van der Waals surface area contributed by atoms with Crippen molar-refractivity contribution in [2.24, 2.45) is 0 Å². The lowest BCUT2D eigenvalue weighted by atomic mass is 10.1. The number of rotatable bonds is 5. The van der Waals surface area contributed by atoms with Gasteiger partial charge in [-0.2, -0.15) is 0 Å². The van der Waals surface area contributed by atoms with Gasteiger partial charge in [-0.05, 0) is 37.1 Å². The molecule has 0 saturated carbocycles. The zero-order chi connectivity index (χ0) is 17.8. The molecule has 1 aromatic carbocycles. The molecule has 5 nitrogen and oxygen atoms in total. The zero-order valence-electron chi connectivity index (χ0n) is 14.4. The fourth-order valence-corrected chi connectivity index (χ4v) is 2.64. The Bertz CT molecular complexity index is 927. The predicted molar refractivity (Wildman–Crippen MR) is 99.5 cm³/mol. The maximum absolute atomic E-state index is 12.4. The third-order valence-electron chi connectivity index (χ3n) is 3.91. The second kappa shape index (κ2) is 7.13. The molecule has 25 heavy (non-hydrogen) atoms. The molecule has 0 fully saturated rings. The Morgan fingerprint density at radius 1 is 1.28 bits per heavy atom. The van der Waals surface area contributed by atoms with Gasteiger partial charge in [-0.25, -0.2) is 4.98 Å². The SMILES string of the molecule is C=Cc1cc(C)c(C(=O)Nc2cn(Cc3cccc(C)c3)cn2)cn1. The van der Waals surface area contributed by atoms with Crippen LogP contribution in [-0.2, 0) is 6.54 Å². The molecule has 0 saturated heterocycles. The Labute approximate surface area is 147 Å². The quantitative estimate of drug-likeness (QED) is 0.772. The summed E-state index contributed by atoms with van der Waals surface area (Å²) in [5.74, 6) is 0.297. The molecule has 0 aliphatic rings. The molecule has 5 heteroatoms. The van der Waals surface area contributed by atoms with E-state index in [9.17, 15) is 4.79 Å². The van der Waals surface area contributed by atoms with Crippen molar-refractivity contribution < 1.29 is 4.79 Å². The van der Waals surface area contributed by atoms with Gasteiger partial charge >= 0.3 is 0 Å². The maximum Gasteiger partial charge on any atom is 0.258 e. The van der Waals surface area contributed by atoms with Crippen LogP contribution in [0.3, 0.4) is 0 Å². The molecule has 0 aliphatic carbocycles. The van der Waals surface area contributed by atoms with E-state index in [1.165, 1.54) is 11.1 Å². The average Bonchev–Trinajstić information content (AvgIpc) is 3.01. The van der Waals surface area contributed by atoms with Gasteiger partial charge in [0.15, 0.2) is 5.82 Å². The van der Waals surface area contributed by atoms with Gasteiger partial charge in [-0.1, -0.05) is 36.4 Å². The standard InChI is InChI=1S/C20H20N4O/c1-4-17-9-15(3)18(10-21-17)20(25)23-19-12-24(13-22-19)11-16-7-5-6-14(2)8-16/h4-10,12-13H,1,11H2,2-3H3,(H,23,25). The Kier molecular flexibility index (Phi) is 4.75. The smallest absolute Gasteiger partial charge is 0.258 e. The molecule has 1 N–H and O–H groups in total. The predicted octanol–water partition coefficient (Wildman–Crippen LogP) is 3.84. The summed E-state index contributed by atoms with van der Waals surface area (Å²) in [5, 5.41) is 2.82. The lowest BCUT2D eigenvalue weighted by molar-refractivity contribution is 0.102. The van der Waals surface area contributed by atoms with Crippen LogP contribution in [0.15, 0.2) is 55.6 Å². The van der Waals surface area contributed by atoms with Crippen LogP contribution >= 0.6 is 0 Å². The number of carbonyl (C=O) groups excluding carboxylic acids is 1. The lowest BCUT2D eigenvalue weighted by Crippen LogP contribution is -2.14. The molecule has 0 spiro atoms.